The lowest BCUT2D eigenvalue weighted by molar-refractivity contribution is 0.516. The summed E-state index contributed by atoms with van der Waals surface area (Å²) in [5.41, 5.74) is 1.59. The van der Waals surface area contributed by atoms with Crippen LogP contribution in [0.1, 0.15) is 27.7 Å². The lowest BCUT2D eigenvalue weighted by Gasteiger charge is -2.19. The fourth-order valence-electron chi connectivity index (χ4n) is 0.951. The highest BCUT2D eigenvalue weighted by molar-refractivity contribution is 5.26. The Bertz CT molecular complexity index is 175. The van der Waals surface area contributed by atoms with Gasteiger partial charge in [0.25, 0.3) is 0 Å². The van der Waals surface area contributed by atoms with Crippen LogP contribution in [0, 0.1) is 5.41 Å². The van der Waals surface area contributed by atoms with Crippen LogP contribution >= 0.6 is 0 Å². The molecular weight excluding hydrogens is 132 g/mol. The maximum atomic E-state index is 3.63. The molecule has 0 aliphatic carbocycles. The molecule has 0 aromatic heterocycles. The topological polar surface area (TPSA) is 0 Å². The van der Waals surface area contributed by atoms with Crippen molar-refractivity contribution in [1.82, 2.24) is 0 Å². The van der Waals surface area contributed by atoms with Gasteiger partial charge in [0.05, 0.1) is 0 Å². The predicted molar refractivity (Wildman–Crippen MR) is 52.5 cm³/mol. The average Bonchev–Trinajstić information content (AvgIpc) is 1.87. The molecule has 0 N–H and O–H groups in total. The highest BCUT2D eigenvalue weighted by atomic mass is 14.2. The number of rotatable bonds is 2. The van der Waals surface area contributed by atoms with Crippen LogP contribution in [0.4, 0.5) is 0 Å². The first kappa shape index (κ1) is 10.2. The molecule has 0 saturated carbocycles. The largest absolute Gasteiger partial charge is 0.0991 e. The molecule has 0 spiro atoms. The highest BCUT2D eigenvalue weighted by Crippen LogP contribution is 2.25. The van der Waals surface area contributed by atoms with Gasteiger partial charge in [0.2, 0.25) is 0 Å². The van der Waals surface area contributed by atoms with E-state index < -0.39 is 0 Å². The van der Waals surface area contributed by atoms with E-state index in [1.807, 2.05) is 6.08 Å². The molecule has 0 heterocycles. The second kappa shape index (κ2) is 4.17. The van der Waals surface area contributed by atoms with Crippen LogP contribution in [0.2, 0.25) is 0 Å². The molecule has 0 atom stereocenters. The van der Waals surface area contributed by atoms with E-state index in [1.165, 1.54) is 5.57 Å². The number of hydrogen-bond acceptors (Lipinski definition) is 0. The third-order valence-corrected chi connectivity index (χ3v) is 1.59. The molecule has 11 heavy (non-hydrogen) atoms. The first-order valence-electron chi connectivity index (χ1n) is 3.98. The van der Waals surface area contributed by atoms with Gasteiger partial charge in [-0.05, 0) is 17.9 Å². The van der Waals surface area contributed by atoms with Crippen LogP contribution in [0.3, 0.4) is 0 Å². The highest BCUT2D eigenvalue weighted by Gasteiger charge is 2.12. The molecule has 0 radical (unpaired) electrons. The van der Waals surface area contributed by atoms with Crippen molar-refractivity contribution in [2.24, 2.45) is 5.41 Å². The zero-order valence-corrected chi connectivity index (χ0v) is 8.02. The average molecular weight is 150 g/mol. The zero-order valence-electron chi connectivity index (χ0n) is 8.02. The van der Waals surface area contributed by atoms with E-state index in [-0.39, 0.29) is 5.41 Å². The summed E-state index contributed by atoms with van der Waals surface area (Å²) in [6, 6.07) is 0. The van der Waals surface area contributed by atoms with Crippen molar-refractivity contribution in [1.29, 1.82) is 0 Å². The molecule has 0 rings (SSSR count). The summed E-state index contributed by atoms with van der Waals surface area (Å²) in [5.74, 6) is 0. The molecule has 0 fully saturated rings. The molecule has 0 bridgehead atoms. The lowest BCUT2D eigenvalue weighted by atomic mass is 9.86. The molecule has 0 amide bonds. The summed E-state index contributed by atoms with van der Waals surface area (Å²) >= 11 is 0. The summed E-state index contributed by atoms with van der Waals surface area (Å²) in [7, 11) is 0. The molecule has 0 aromatic carbocycles. The minimum Gasteiger partial charge on any atom is -0.0991 e. The summed E-state index contributed by atoms with van der Waals surface area (Å²) in [5, 5.41) is 0. The Balaban J connectivity index is 4.45. The molecule has 0 unspecified atom stereocenters. The smallest absolute Gasteiger partial charge is 0.0135 e. The zero-order chi connectivity index (χ0) is 8.91. The minimum atomic E-state index is 0.244. The van der Waals surface area contributed by atoms with Crippen molar-refractivity contribution >= 4 is 0 Å². The standard InChI is InChI=1S/C11H18/c1-6-8-9-10(7-2)11(3,4)5/h6-9H,1H2,2-5H3. The number of allylic oxidation sites excluding steroid dienone is 5. The Morgan fingerprint density at radius 3 is 2.09 bits per heavy atom. The Hall–Kier alpha value is -0.780. The summed E-state index contributed by atoms with van der Waals surface area (Å²) < 4.78 is 0. The predicted octanol–water partition coefficient (Wildman–Crippen LogP) is 3.72. The van der Waals surface area contributed by atoms with E-state index in [0.717, 1.165) is 0 Å². The van der Waals surface area contributed by atoms with Crippen molar-refractivity contribution in [2.75, 3.05) is 0 Å². The monoisotopic (exact) mass is 150 g/mol. The van der Waals surface area contributed by atoms with Crippen molar-refractivity contribution in [3.8, 4) is 0 Å². The van der Waals surface area contributed by atoms with Crippen LogP contribution < -0.4 is 0 Å². The lowest BCUT2D eigenvalue weighted by Crippen LogP contribution is -2.06. The molecule has 0 aromatic rings. The normalized spacial score (nSPS) is 14.0. The van der Waals surface area contributed by atoms with Crippen LogP contribution in [0.25, 0.3) is 0 Å². The van der Waals surface area contributed by atoms with Crippen molar-refractivity contribution in [2.45, 2.75) is 27.7 Å². The second-order valence-electron chi connectivity index (χ2n) is 3.59. The minimum absolute atomic E-state index is 0.244. The van der Waals surface area contributed by atoms with Crippen LogP contribution in [-0.4, -0.2) is 0 Å². The molecule has 0 aliphatic heterocycles. The third-order valence-electron chi connectivity index (χ3n) is 1.59. The first-order chi connectivity index (χ1) is 5.02. The Labute approximate surface area is 70.3 Å². The summed E-state index contributed by atoms with van der Waals surface area (Å²) in [6.45, 7) is 12.3. The molecule has 0 aliphatic rings. The van der Waals surface area contributed by atoms with Gasteiger partial charge in [0.15, 0.2) is 0 Å². The molecule has 0 nitrogen and oxygen atoms in total. The van der Waals surface area contributed by atoms with Gasteiger partial charge in [-0.25, -0.2) is 0 Å². The third kappa shape index (κ3) is 3.82. The Kier molecular flexibility index (Phi) is 3.88. The van der Waals surface area contributed by atoms with Crippen molar-refractivity contribution in [3.63, 3.8) is 0 Å². The second-order valence-corrected chi connectivity index (χ2v) is 3.59. The van der Waals surface area contributed by atoms with Gasteiger partial charge in [-0.15, -0.1) is 0 Å². The van der Waals surface area contributed by atoms with Gasteiger partial charge in [0, 0.05) is 0 Å². The quantitative estimate of drug-likeness (QED) is 0.526. The van der Waals surface area contributed by atoms with Gasteiger partial charge in [-0.1, -0.05) is 51.7 Å². The van der Waals surface area contributed by atoms with Gasteiger partial charge in [-0.2, -0.15) is 0 Å². The summed E-state index contributed by atoms with van der Waals surface area (Å²) in [4.78, 5) is 0. The summed E-state index contributed by atoms with van der Waals surface area (Å²) in [6.07, 6.45) is 8.02. The fraction of sp³-hybridized carbons (Fsp3) is 0.455. The van der Waals surface area contributed by atoms with Crippen molar-refractivity contribution < 1.29 is 0 Å². The Morgan fingerprint density at radius 2 is 1.82 bits per heavy atom. The van der Waals surface area contributed by atoms with Crippen LogP contribution in [0.5, 0.6) is 0 Å². The molecular formula is C11H18. The Morgan fingerprint density at radius 1 is 1.27 bits per heavy atom. The van der Waals surface area contributed by atoms with Gasteiger partial charge in [-0.3, -0.25) is 0 Å². The maximum Gasteiger partial charge on any atom is -0.0135 e. The van der Waals surface area contributed by atoms with E-state index in [0.29, 0.717) is 0 Å². The fourth-order valence-corrected chi connectivity index (χ4v) is 0.951. The van der Waals surface area contributed by atoms with E-state index in [1.54, 1.807) is 6.08 Å². The van der Waals surface area contributed by atoms with Gasteiger partial charge < -0.3 is 0 Å². The SMILES string of the molecule is C=CC=CC(=CC)C(C)(C)C. The first-order valence-corrected chi connectivity index (χ1v) is 3.98. The molecule has 0 heteroatoms. The van der Waals surface area contributed by atoms with E-state index >= 15 is 0 Å². The van der Waals surface area contributed by atoms with Gasteiger partial charge in [0.1, 0.15) is 0 Å². The number of hydrogen-bond donors (Lipinski definition) is 0. The van der Waals surface area contributed by atoms with E-state index in [4.69, 9.17) is 0 Å². The maximum absolute atomic E-state index is 3.63. The van der Waals surface area contributed by atoms with Crippen molar-refractivity contribution in [3.05, 3.63) is 36.5 Å². The molecule has 62 valence electrons. The molecule has 0 saturated heterocycles. The van der Waals surface area contributed by atoms with E-state index in [2.05, 4.69) is 46.4 Å². The van der Waals surface area contributed by atoms with Crippen LogP contribution in [0.15, 0.2) is 36.5 Å². The van der Waals surface area contributed by atoms with E-state index in [9.17, 15) is 0 Å². The van der Waals surface area contributed by atoms with Gasteiger partial charge >= 0.3 is 0 Å². The van der Waals surface area contributed by atoms with Crippen LogP contribution in [-0.2, 0) is 0 Å².